The Hall–Kier alpha value is -1.22. The molecule has 0 saturated heterocycles. The van der Waals surface area contributed by atoms with Crippen molar-refractivity contribution < 1.29 is 9.47 Å². The second-order valence-electron chi connectivity index (χ2n) is 6.01. The van der Waals surface area contributed by atoms with Gasteiger partial charge < -0.3 is 9.47 Å². The standard InChI is InChI=1S/C17H27NO2/c1-6-20-17-11-14-13(10-16(17)19-5)7-8-18(4)15(14)9-12(2)3/h10-12,15H,6-9H2,1-5H3/t15-/m1/s1. The molecule has 1 aromatic rings. The van der Waals surface area contributed by atoms with Crippen molar-refractivity contribution in [1.82, 2.24) is 4.90 Å². The van der Waals surface area contributed by atoms with Crippen molar-refractivity contribution in [2.24, 2.45) is 5.92 Å². The van der Waals surface area contributed by atoms with Crippen LogP contribution >= 0.6 is 0 Å². The number of ether oxygens (including phenoxy) is 2. The summed E-state index contributed by atoms with van der Waals surface area (Å²) in [6, 6.07) is 4.85. The molecular formula is C17H27NO2. The maximum Gasteiger partial charge on any atom is 0.161 e. The van der Waals surface area contributed by atoms with Gasteiger partial charge in [-0.1, -0.05) is 13.8 Å². The maximum atomic E-state index is 5.74. The minimum atomic E-state index is 0.490. The Morgan fingerprint density at radius 3 is 2.65 bits per heavy atom. The molecule has 1 aromatic carbocycles. The minimum Gasteiger partial charge on any atom is -0.493 e. The first-order valence-electron chi connectivity index (χ1n) is 7.60. The molecule has 0 aliphatic carbocycles. The lowest BCUT2D eigenvalue weighted by atomic mass is 9.87. The fourth-order valence-electron chi connectivity index (χ4n) is 3.02. The highest BCUT2D eigenvalue weighted by Crippen LogP contribution is 2.39. The van der Waals surface area contributed by atoms with E-state index in [0.717, 1.165) is 24.5 Å². The number of likely N-dealkylation sites (N-methyl/N-ethyl adjacent to an activating group) is 1. The Labute approximate surface area is 122 Å². The van der Waals surface area contributed by atoms with Crippen molar-refractivity contribution in [2.75, 3.05) is 27.3 Å². The van der Waals surface area contributed by atoms with Crippen LogP contribution in [0.4, 0.5) is 0 Å². The van der Waals surface area contributed by atoms with Crippen molar-refractivity contribution in [2.45, 2.75) is 39.7 Å². The van der Waals surface area contributed by atoms with E-state index >= 15 is 0 Å². The molecule has 0 fully saturated rings. The third-order valence-electron chi connectivity index (χ3n) is 4.04. The van der Waals surface area contributed by atoms with E-state index in [1.54, 1.807) is 7.11 Å². The summed E-state index contributed by atoms with van der Waals surface area (Å²) in [5, 5.41) is 0. The highest BCUT2D eigenvalue weighted by molar-refractivity contribution is 5.49. The van der Waals surface area contributed by atoms with Crippen molar-refractivity contribution >= 4 is 0 Å². The van der Waals surface area contributed by atoms with Gasteiger partial charge in [0.25, 0.3) is 0 Å². The molecule has 20 heavy (non-hydrogen) atoms. The van der Waals surface area contributed by atoms with Crippen molar-refractivity contribution in [3.05, 3.63) is 23.3 Å². The number of rotatable bonds is 5. The van der Waals surface area contributed by atoms with Gasteiger partial charge in [-0.05, 0) is 56.0 Å². The van der Waals surface area contributed by atoms with E-state index in [9.17, 15) is 0 Å². The maximum absolute atomic E-state index is 5.74. The van der Waals surface area contributed by atoms with Crippen LogP contribution in [0.1, 0.15) is 44.4 Å². The van der Waals surface area contributed by atoms with Crippen LogP contribution in [0, 0.1) is 5.92 Å². The predicted octanol–water partition coefficient (Wildman–Crippen LogP) is 3.67. The third kappa shape index (κ3) is 3.09. The lowest BCUT2D eigenvalue weighted by Crippen LogP contribution is -2.33. The molecule has 0 aromatic heterocycles. The van der Waals surface area contributed by atoms with Crippen molar-refractivity contribution in [1.29, 1.82) is 0 Å². The van der Waals surface area contributed by atoms with Crippen LogP contribution in [0.3, 0.4) is 0 Å². The molecule has 0 unspecified atom stereocenters. The van der Waals surface area contributed by atoms with E-state index in [4.69, 9.17) is 9.47 Å². The molecule has 0 spiro atoms. The van der Waals surface area contributed by atoms with E-state index in [0.29, 0.717) is 18.6 Å². The molecule has 3 heteroatoms. The number of benzene rings is 1. The van der Waals surface area contributed by atoms with Gasteiger partial charge in [0, 0.05) is 12.6 Å². The van der Waals surface area contributed by atoms with Crippen LogP contribution in [0.5, 0.6) is 11.5 Å². The van der Waals surface area contributed by atoms with Gasteiger partial charge in [0.05, 0.1) is 13.7 Å². The predicted molar refractivity (Wildman–Crippen MR) is 82.7 cm³/mol. The fraction of sp³-hybridized carbons (Fsp3) is 0.647. The molecule has 0 amide bonds. The first-order chi connectivity index (χ1) is 9.56. The lowest BCUT2D eigenvalue weighted by Gasteiger charge is -2.36. The van der Waals surface area contributed by atoms with Crippen LogP contribution in [0.2, 0.25) is 0 Å². The zero-order valence-electron chi connectivity index (χ0n) is 13.4. The smallest absolute Gasteiger partial charge is 0.161 e. The third-order valence-corrected chi connectivity index (χ3v) is 4.04. The fourth-order valence-corrected chi connectivity index (χ4v) is 3.02. The van der Waals surface area contributed by atoms with E-state index < -0.39 is 0 Å². The Morgan fingerprint density at radius 1 is 1.30 bits per heavy atom. The highest BCUT2D eigenvalue weighted by Gasteiger charge is 2.27. The molecule has 1 atom stereocenters. The monoisotopic (exact) mass is 277 g/mol. The first kappa shape index (κ1) is 15.2. The molecule has 3 nitrogen and oxygen atoms in total. The van der Waals surface area contributed by atoms with Crippen LogP contribution in [0.25, 0.3) is 0 Å². The van der Waals surface area contributed by atoms with Gasteiger partial charge >= 0.3 is 0 Å². The number of hydrogen-bond acceptors (Lipinski definition) is 3. The molecule has 0 radical (unpaired) electrons. The van der Waals surface area contributed by atoms with Crippen LogP contribution in [0.15, 0.2) is 12.1 Å². The Bertz CT molecular complexity index is 457. The van der Waals surface area contributed by atoms with E-state index in [1.165, 1.54) is 17.5 Å². The zero-order valence-corrected chi connectivity index (χ0v) is 13.4. The van der Waals surface area contributed by atoms with Gasteiger partial charge in [0.2, 0.25) is 0 Å². The van der Waals surface area contributed by atoms with E-state index in [-0.39, 0.29) is 0 Å². The van der Waals surface area contributed by atoms with Gasteiger partial charge in [0.15, 0.2) is 11.5 Å². The lowest BCUT2D eigenvalue weighted by molar-refractivity contribution is 0.201. The molecule has 0 bridgehead atoms. The molecule has 2 rings (SSSR count). The zero-order chi connectivity index (χ0) is 14.7. The average molecular weight is 277 g/mol. The summed E-state index contributed by atoms with van der Waals surface area (Å²) in [4.78, 5) is 2.46. The Morgan fingerprint density at radius 2 is 2.05 bits per heavy atom. The highest BCUT2D eigenvalue weighted by atomic mass is 16.5. The Balaban J connectivity index is 2.41. The molecular weight excluding hydrogens is 250 g/mol. The molecule has 0 saturated carbocycles. The molecule has 1 aliphatic rings. The van der Waals surface area contributed by atoms with E-state index in [1.807, 2.05) is 6.92 Å². The second-order valence-corrected chi connectivity index (χ2v) is 6.01. The quantitative estimate of drug-likeness (QED) is 0.819. The summed E-state index contributed by atoms with van der Waals surface area (Å²) < 4.78 is 11.2. The van der Waals surface area contributed by atoms with Crippen LogP contribution < -0.4 is 9.47 Å². The molecule has 112 valence electrons. The number of nitrogens with zero attached hydrogens (tertiary/aromatic N) is 1. The average Bonchev–Trinajstić information content (AvgIpc) is 2.41. The van der Waals surface area contributed by atoms with Crippen LogP contribution in [-0.2, 0) is 6.42 Å². The largest absolute Gasteiger partial charge is 0.493 e. The van der Waals surface area contributed by atoms with Gasteiger partial charge in [-0.3, -0.25) is 4.90 Å². The second kappa shape index (κ2) is 6.49. The molecule has 1 heterocycles. The number of fused-ring (bicyclic) bond motifs is 1. The van der Waals surface area contributed by atoms with Gasteiger partial charge in [-0.2, -0.15) is 0 Å². The van der Waals surface area contributed by atoms with Gasteiger partial charge in [-0.15, -0.1) is 0 Å². The number of methoxy groups -OCH3 is 1. The molecule has 0 N–H and O–H groups in total. The summed E-state index contributed by atoms with van der Waals surface area (Å²) in [6.07, 6.45) is 2.27. The minimum absolute atomic E-state index is 0.490. The topological polar surface area (TPSA) is 21.7 Å². The van der Waals surface area contributed by atoms with Crippen molar-refractivity contribution in [3.63, 3.8) is 0 Å². The summed E-state index contributed by atoms with van der Waals surface area (Å²) in [5.74, 6) is 2.42. The van der Waals surface area contributed by atoms with Gasteiger partial charge in [-0.25, -0.2) is 0 Å². The van der Waals surface area contributed by atoms with Crippen LogP contribution in [-0.4, -0.2) is 32.2 Å². The molecule has 1 aliphatic heterocycles. The number of hydrogen-bond donors (Lipinski definition) is 0. The van der Waals surface area contributed by atoms with Gasteiger partial charge in [0.1, 0.15) is 0 Å². The van der Waals surface area contributed by atoms with E-state index in [2.05, 4.69) is 37.9 Å². The first-order valence-corrected chi connectivity index (χ1v) is 7.60. The SMILES string of the molecule is CCOc1cc2c(cc1OC)CCN(C)[C@@H]2CC(C)C. The summed E-state index contributed by atoms with van der Waals surface area (Å²) >= 11 is 0. The summed E-state index contributed by atoms with van der Waals surface area (Å²) in [5.41, 5.74) is 2.82. The summed E-state index contributed by atoms with van der Waals surface area (Å²) in [6.45, 7) is 8.36. The Kier molecular flexibility index (Phi) is 4.92. The summed E-state index contributed by atoms with van der Waals surface area (Å²) in [7, 11) is 3.94. The van der Waals surface area contributed by atoms with Crippen molar-refractivity contribution in [3.8, 4) is 11.5 Å². The normalized spacial score (nSPS) is 19.0.